The van der Waals surface area contributed by atoms with E-state index in [1.165, 1.54) is 51.7 Å². The second-order valence-electron chi connectivity index (χ2n) is 8.28. The highest BCUT2D eigenvalue weighted by Crippen LogP contribution is 2.29. The van der Waals surface area contributed by atoms with E-state index < -0.39 is 0 Å². The van der Waals surface area contributed by atoms with Crippen LogP contribution in [0.1, 0.15) is 66.7 Å². The van der Waals surface area contributed by atoms with Gasteiger partial charge in [-0.3, -0.25) is 0 Å². The number of rotatable bonds is 4. The molecule has 2 saturated heterocycles. The number of hydrogen-bond donors (Lipinski definition) is 2. The third-order valence-electron chi connectivity index (χ3n) is 4.79. The van der Waals surface area contributed by atoms with Gasteiger partial charge in [-0.15, -0.1) is 0 Å². The summed E-state index contributed by atoms with van der Waals surface area (Å²) in [7, 11) is 0. The molecule has 2 aliphatic heterocycles. The number of likely N-dealkylation sites (tertiary alicyclic amines) is 1. The minimum absolute atomic E-state index is 0.252. The van der Waals surface area contributed by atoms with E-state index in [-0.39, 0.29) is 11.1 Å². The van der Waals surface area contributed by atoms with Gasteiger partial charge in [-0.1, -0.05) is 6.92 Å². The normalized spacial score (nSPS) is 28.6. The third kappa shape index (κ3) is 4.71. The van der Waals surface area contributed by atoms with Gasteiger partial charge in [-0.25, -0.2) is 0 Å². The molecule has 0 radical (unpaired) electrons. The summed E-state index contributed by atoms with van der Waals surface area (Å²) >= 11 is 0. The zero-order chi connectivity index (χ0) is 14.8. The lowest BCUT2D eigenvalue weighted by atomic mass is 9.79. The van der Waals surface area contributed by atoms with Crippen LogP contribution < -0.4 is 10.6 Å². The molecule has 3 heteroatoms. The Kier molecular flexibility index (Phi) is 5.14. The molecule has 0 aromatic rings. The van der Waals surface area contributed by atoms with Crippen molar-refractivity contribution >= 4 is 0 Å². The maximum absolute atomic E-state index is 3.97. The van der Waals surface area contributed by atoms with Crippen LogP contribution in [0.3, 0.4) is 0 Å². The van der Waals surface area contributed by atoms with Crippen LogP contribution in [0.5, 0.6) is 0 Å². The summed E-state index contributed by atoms with van der Waals surface area (Å²) < 4.78 is 0. The largest absolute Gasteiger partial charge is 0.311 e. The Morgan fingerprint density at radius 1 is 1.00 bits per heavy atom. The molecular weight excluding hydrogens is 246 g/mol. The molecule has 2 rings (SSSR count). The van der Waals surface area contributed by atoms with E-state index >= 15 is 0 Å². The molecule has 2 aliphatic rings. The fourth-order valence-corrected chi connectivity index (χ4v) is 4.41. The van der Waals surface area contributed by atoms with E-state index in [4.69, 9.17) is 0 Å². The van der Waals surface area contributed by atoms with Crippen molar-refractivity contribution in [1.29, 1.82) is 0 Å². The predicted octanol–water partition coefficient (Wildman–Crippen LogP) is 2.76. The molecule has 0 atom stereocenters. The Hall–Kier alpha value is -0.120. The van der Waals surface area contributed by atoms with Gasteiger partial charge in [0.25, 0.3) is 0 Å². The van der Waals surface area contributed by atoms with Gasteiger partial charge in [0.15, 0.2) is 0 Å². The number of hydrogen-bond acceptors (Lipinski definition) is 3. The molecule has 2 N–H and O–H groups in total. The number of piperidine rings is 2. The maximum Gasteiger partial charge on any atom is 0.0144 e. The van der Waals surface area contributed by atoms with Gasteiger partial charge in [0.1, 0.15) is 0 Å². The Morgan fingerprint density at radius 3 is 2.05 bits per heavy atom. The van der Waals surface area contributed by atoms with Crippen molar-refractivity contribution in [2.24, 2.45) is 0 Å². The van der Waals surface area contributed by atoms with Crippen molar-refractivity contribution < 1.29 is 0 Å². The first kappa shape index (κ1) is 16.3. The number of nitrogens with zero attached hydrogens (tertiary/aromatic N) is 1. The lowest BCUT2D eigenvalue weighted by molar-refractivity contribution is 0.124. The second kappa shape index (κ2) is 6.33. The van der Waals surface area contributed by atoms with Gasteiger partial charge in [0.2, 0.25) is 0 Å². The zero-order valence-corrected chi connectivity index (χ0v) is 14.3. The first-order valence-electron chi connectivity index (χ1n) is 8.57. The van der Waals surface area contributed by atoms with Crippen LogP contribution in [0, 0.1) is 0 Å². The topological polar surface area (TPSA) is 27.3 Å². The van der Waals surface area contributed by atoms with Crippen molar-refractivity contribution in [2.75, 3.05) is 19.6 Å². The summed E-state index contributed by atoms with van der Waals surface area (Å²) in [5.74, 6) is 0. The fourth-order valence-electron chi connectivity index (χ4n) is 4.41. The summed E-state index contributed by atoms with van der Waals surface area (Å²) in [5, 5.41) is 7.74. The highest BCUT2D eigenvalue weighted by molar-refractivity contribution is 5.00. The molecule has 3 nitrogen and oxygen atoms in total. The van der Waals surface area contributed by atoms with E-state index in [9.17, 15) is 0 Å². The molecule has 0 amide bonds. The van der Waals surface area contributed by atoms with E-state index in [1.54, 1.807) is 0 Å². The van der Waals surface area contributed by atoms with Crippen LogP contribution in [0.2, 0.25) is 0 Å². The van der Waals surface area contributed by atoms with Crippen molar-refractivity contribution in [3.8, 4) is 0 Å². The average Bonchev–Trinajstić information content (AvgIpc) is 2.28. The van der Waals surface area contributed by atoms with Gasteiger partial charge < -0.3 is 15.5 Å². The molecular formula is C17H35N3. The lowest BCUT2D eigenvalue weighted by Crippen LogP contribution is -2.63. The van der Waals surface area contributed by atoms with E-state index in [0.29, 0.717) is 6.04 Å². The molecule has 118 valence electrons. The van der Waals surface area contributed by atoms with Gasteiger partial charge >= 0.3 is 0 Å². The van der Waals surface area contributed by atoms with Gasteiger partial charge in [0, 0.05) is 23.2 Å². The monoisotopic (exact) mass is 281 g/mol. The molecule has 0 saturated carbocycles. The first-order valence-corrected chi connectivity index (χ1v) is 8.57. The zero-order valence-electron chi connectivity index (χ0n) is 14.3. The Morgan fingerprint density at radius 2 is 1.55 bits per heavy atom. The molecule has 0 aromatic heterocycles. The predicted molar refractivity (Wildman–Crippen MR) is 87.2 cm³/mol. The van der Waals surface area contributed by atoms with Crippen LogP contribution in [0.25, 0.3) is 0 Å². The van der Waals surface area contributed by atoms with Gasteiger partial charge in [0.05, 0.1) is 0 Å². The van der Waals surface area contributed by atoms with Gasteiger partial charge in [-0.2, -0.15) is 0 Å². The molecule has 0 unspecified atom stereocenters. The van der Waals surface area contributed by atoms with Gasteiger partial charge in [-0.05, 0) is 79.4 Å². The van der Waals surface area contributed by atoms with Crippen molar-refractivity contribution in [3.05, 3.63) is 0 Å². The second-order valence-corrected chi connectivity index (χ2v) is 8.28. The fraction of sp³-hybridized carbons (Fsp3) is 1.00. The van der Waals surface area contributed by atoms with E-state index in [1.807, 2.05) is 0 Å². The number of nitrogens with one attached hydrogen (secondary N) is 2. The van der Waals surface area contributed by atoms with Crippen LogP contribution in [0.15, 0.2) is 0 Å². The Bertz CT molecular complexity index is 287. The van der Waals surface area contributed by atoms with Crippen LogP contribution in [0.4, 0.5) is 0 Å². The summed E-state index contributed by atoms with van der Waals surface area (Å²) in [5.41, 5.74) is 0.505. The van der Waals surface area contributed by atoms with Crippen molar-refractivity contribution in [3.63, 3.8) is 0 Å². The molecule has 0 bridgehead atoms. The van der Waals surface area contributed by atoms with Crippen LogP contribution in [-0.2, 0) is 0 Å². The third-order valence-corrected chi connectivity index (χ3v) is 4.79. The minimum Gasteiger partial charge on any atom is -0.311 e. The molecule has 20 heavy (non-hydrogen) atoms. The molecule has 0 spiro atoms. The summed E-state index contributed by atoms with van der Waals surface area (Å²) in [4.78, 5) is 2.62. The standard InChI is InChI=1S/C17H35N3/c1-6-9-20-10-7-14(8-11-20)18-15-12-16(2,3)19-17(4,5)13-15/h14-15,18-19H,6-13H2,1-5H3. The first-order chi connectivity index (χ1) is 9.30. The molecule has 0 aromatic carbocycles. The Balaban J connectivity index is 1.82. The lowest BCUT2D eigenvalue weighted by Gasteiger charge is -2.48. The summed E-state index contributed by atoms with van der Waals surface area (Å²) in [6.45, 7) is 15.5. The summed E-state index contributed by atoms with van der Waals surface area (Å²) in [6, 6.07) is 1.40. The molecule has 2 fully saturated rings. The van der Waals surface area contributed by atoms with Crippen molar-refractivity contribution in [2.45, 2.75) is 89.9 Å². The quantitative estimate of drug-likeness (QED) is 0.830. The van der Waals surface area contributed by atoms with E-state index in [2.05, 4.69) is 50.2 Å². The minimum atomic E-state index is 0.252. The van der Waals surface area contributed by atoms with Crippen molar-refractivity contribution in [1.82, 2.24) is 15.5 Å². The smallest absolute Gasteiger partial charge is 0.0144 e. The summed E-state index contributed by atoms with van der Waals surface area (Å²) in [6.07, 6.45) is 6.42. The highest BCUT2D eigenvalue weighted by Gasteiger charge is 2.38. The molecule has 0 aliphatic carbocycles. The Labute approximate surface area is 125 Å². The van der Waals surface area contributed by atoms with Crippen LogP contribution in [-0.4, -0.2) is 47.7 Å². The van der Waals surface area contributed by atoms with Crippen LogP contribution >= 0.6 is 0 Å². The van der Waals surface area contributed by atoms with E-state index in [0.717, 1.165) is 6.04 Å². The average molecular weight is 281 g/mol. The highest BCUT2D eigenvalue weighted by atomic mass is 15.1. The molecule has 2 heterocycles. The maximum atomic E-state index is 3.97. The SMILES string of the molecule is CCCN1CCC(NC2CC(C)(C)NC(C)(C)C2)CC1.